The molecule has 5 rings (SSSR count). The number of aliphatic hydroxyl groups is 1. The van der Waals surface area contributed by atoms with Crippen LogP contribution in [0.3, 0.4) is 0 Å². The number of likely N-dealkylation sites (N-methyl/N-ethyl adjacent to an activating group) is 1. The molecule has 0 saturated carbocycles. The number of esters is 2. The summed E-state index contributed by atoms with van der Waals surface area (Å²) in [5.74, 6) is -5.43. The van der Waals surface area contributed by atoms with Gasteiger partial charge in [-0.1, -0.05) is 78.7 Å². The van der Waals surface area contributed by atoms with Crippen LogP contribution in [-0.4, -0.2) is 185 Å². The van der Waals surface area contributed by atoms with Crippen LogP contribution < -0.4 is 42.0 Å². The van der Waals surface area contributed by atoms with Crippen molar-refractivity contribution >= 4 is 103 Å². The second-order valence-electron chi connectivity index (χ2n) is 23.3. The number of carbonyl (C=O) groups excluding carboxylic acids is 9. The number of anilines is 2. The van der Waals surface area contributed by atoms with Crippen LogP contribution in [0.1, 0.15) is 102 Å². The summed E-state index contributed by atoms with van der Waals surface area (Å²) in [5.41, 5.74) is 3.41. The second kappa shape index (κ2) is 32.4. The number of hydrogen-bond donors (Lipinski definition) is 7. The topological polar surface area (TPSA) is 359 Å². The molecule has 3 heterocycles. The minimum atomic E-state index is -4.27. The molecule has 8 N–H and O–H groups in total. The summed E-state index contributed by atoms with van der Waals surface area (Å²) in [5, 5.41) is 25.5. The molecule has 26 nitrogen and oxygen atoms in total. The lowest BCUT2D eigenvalue weighted by Gasteiger charge is -2.42. The summed E-state index contributed by atoms with van der Waals surface area (Å²) >= 11 is 10.00. The molecule has 0 radical (unpaired) electrons. The van der Waals surface area contributed by atoms with Gasteiger partial charge in [0.2, 0.25) is 17.7 Å². The first-order chi connectivity index (χ1) is 42.2. The molecule has 90 heavy (non-hydrogen) atoms. The van der Waals surface area contributed by atoms with Crippen molar-refractivity contribution in [2.24, 2.45) is 17.6 Å². The summed E-state index contributed by atoms with van der Waals surface area (Å²) in [4.78, 5) is 122. The van der Waals surface area contributed by atoms with Crippen molar-refractivity contribution in [3.05, 3.63) is 82.4 Å². The third kappa shape index (κ3) is 19.3. The van der Waals surface area contributed by atoms with Crippen molar-refractivity contribution in [1.82, 2.24) is 26.2 Å². The van der Waals surface area contributed by atoms with E-state index in [1.54, 1.807) is 58.1 Å². The third-order valence-corrected chi connectivity index (χ3v) is 18.2. The van der Waals surface area contributed by atoms with E-state index in [4.69, 9.17) is 45.8 Å². The molecule has 0 aliphatic carbocycles. The molecule has 2 aromatic rings. The molecule has 7 amide bonds. The molecule has 4 bridgehead atoms. The lowest BCUT2D eigenvalue weighted by Crippen LogP contribution is -2.63. The van der Waals surface area contributed by atoms with E-state index in [0.717, 1.165) is 22.8 Å². The number of sulfone groups is 1. The monoisotopic (exact) mass is 1360 g/mol. The Morgan fingerprint density at radius 2 is 1.77 bits per heavy atom. The Bertz CT molecular complexity index is 3200. The van der Waals surface area contributed by atoms with Crippen LogP contribution in [0.4, 0.5) is 21.0 Å². The minimum Gasteiger partial charge on any atom is -0.495 e. The average Bonchev–Trinajstić information content (AvgIpc) is 1.57. The normalized spacial score (nSPS) is 24.1. The van der Waals surface area contributed by atoms with Gasteiger partial charge in [-0.25, -0.2) is 27.6 Å². The lowest BCUT2D eigenvalue weighted by molar-refractivity contribution is -0.158. The highest BCUT2D eigenvalue weighted by Crippen LogP contribution is 2.49. The number of carbonyl (C=O) groups is 9. The molecule has 0 aromatic heterocycles. The number of primary amides is 1. The van der Waals surface area contributed by atoms with Gasteiger partial charge in [-0.2, -0.15) is 0 Å². The number of nitrogens with zero attached hydrogens (tertiary/aromatic N) is 2. The van der Waals surface area contributed by atoms with Gasteiger partial charge >= 0.3 is 24.1 Å². The van der Waals surface area contributed by atoms with Crippen LogP contribution in [0.25, 0.3) is 0 Å². The molecule has 0 spiro atoms. The fraction of sp³-hybridized carbons (Fsp3) is 0.557. The van der Waals surface area contributed by atoms with Gasteiger partial charge in [0.05, 0.1) is 54.6 Å². The van der Waals surface area contributed by atoms with E-state index < -0.39 is 141 Å². The van der Waals surface area contributed by atoms with Crippen LogP contribution in [0.5, 0.6) is 5.75 Å². The Hall–Kier alpha value is -6.95. The number of rotatable bonds is 26. The number of benzene rings is 2. The van der Waals surface area contributed by atoms with Crippen LogP contribution in [-0.2, 0) is 68.7 Å². The highest BCUT2D eigenvalue weighted by Gasteiger charge is 2.64. The zero-order valence-electron chi connectivity index (χ0n) is 52.5. The van der Waals surface area contributed by atoms with Crippen LogP contribution in [0, 0.1) is 11.8 Å². The maximum absolute atomic E-state index is 14.6. The highest BCUT2D eigenvalue weighted by molar-refractivity contribution is 9.09. The fourth-order valence-electron chi connectivity index (χ4n) is 10.5. The summed E-state index contributed by atoms with van der Waals surface area (Å²) in [6.07, 6.45) is 2.18. The number of hydrogen-bond acceptors (Lipinski definition) is 19. The van der Waals surface area contributed by atoms with E-state index in [2.05, 4.69) is 49.1 Å². The predicted molar refractivity (Wildman–Crippen MR) is 337 cm³/mol. The minimum absolute atomic E-state index is 0.00279. The number of aldehydes is 1. The van der Waals surface area contributed by atoms with Crippen molar-refractivity contribution in [1.29, 1.82) is 0 Å². The zero-order chi connectivity index (χ0) is 67.2. The van der Waals surface area contributed by atoms with Gasteiger partial charge in [0.1, 0.15) is 53.1 Å². The first kappa shape index (κ1) is 73.8. The van der Waals surface area contributed by atoms with Gasteiger partial charge in [0.25, 0.3) is 5.91 Å². The molecule has 496 valence electrons. The van der Waals surface area contributed by atoms with E-state index in [1.165, 1.54) is 52.3 Å². The van der Waals surface area contributed by atoms with Gasteiger partial charge in [-0.15, -0.1) is 0 Å². The number of amides is 7. The highest BCUT2D eigenvalue weighted by atomic mass is 79.9. The van der Waals surface area contributed by atoms with Gasteiger partial charge in [0, 0.05) is 62.8 Å². The maximum atomic E-state index is 14.6. The van der Waals surface area contributed by atoms with Gasteiger partial charge in [-0.05, 0) is 101 Å². The Morgan fingerprint density at radius 3 is 2.39 bits per heavy atom. The summed E-state index contributed by atoms with van der Waals surface area (Å²) in [6, 6.07) is 1.37. The molecular formula is C61H84BrClN8O18S. The van der Waals surface area contributed by atoms with Crippen molar-refractivity contribution in [2.75, 3.05) is 63.3 Å². The van der Waals surface area contributed by atoms with E-state index >= 15 is 0 Å². The van der Waals surface area contributed by atoms with E-state index in [0.29, 0.717) is 31.1 Å². The number of nitrogens with two attached hydrogens (primary N) is 1. The average molecular weight is 1360 g/mol. The van der Waals surface area contributed by atoms with Crippen LogP contribution in [0.2, 0.25) is 5.02 Å². The number of unbranched alkanes of at least 4 members (excludes halogenated alkanes) is 1. The SMILES string of the molecule is C=C(CBr)C(=O)OCCCC[C@@H](C=O)N[C@H](C(=O)N[C@@H](CCCNC(N)=O)C(=O)Nc1ccc(C(=O)N(C)[C@@H](C)C(=O)O[C@H]2CC(=O)N(C)c3cc(cc(OC)c3Cl)C/C(C)=C/C=C/[C@@H](OC)[C@@]3(O)C[C@H](OC(=O)N3)[C@@H](C)[C@@H]3O[C@@]23C)cc1S(C)(=O)=O)C(C)C. The van der Waals surface area contributed by atoms with E-state index in [9.17, 15) is 56.7 Å². The Kier molecular flexibility index (Phi) is 26.5. The predicted octanol–water partition coefficient (Wildman–Crippen LogP) is 4.95. The van der Waals surface area contributed by atoms with Crippen molar-refractivity contribution < 1.29 is 85.1 Å². The smallest absolute Gasteiger partial charge is 0.409 e. The molecule has 2 aromatic carbocycles. The van der Waals surface area contributed by atoms with Crippen molar-refractivity contribution in [3.8, 4) is 5.75 Å². The number of ether oxygens (including phenoxy) is 6. The van der Waals surface area contributed by atoms with Crippen molar-refractivity contribution in [3.63, 3.8) is 0 Å². The molecule has 2 saturated heterocycles. The Labute approximate surface area is 538 Å². The number of halogens is 2. The Morgan fingerprint density at radius 1 is 1.07 bits per heavy atom. The van der Waals surface area contributed by atoms with Gasteiger partial charge in [-0.3, -0.25) is 29.8 Å². The third-order valence-electron chi connectivity index (χ3n) is 16.0. The molecule has 29 heteroatoms. The number of alkyl halides is 1. The molecule has 2 fully saturated rings. The molecule has 11 atom stereocenters. The van der Waals surface area contributed by atoms with E-state index in [-0.39, 0.29) is 77.4 Å². The zero-order valence-corrected chi connectivity index (χ0v) is 55.6. The van der Waals surface area contributed by atoms with Crippen molar-refractivity contribution in [2.45, 2.75) is 158 Å². The molecule has 3 aliphatic heterocycles. The Balaban J connectivity index is 1.40. The molecule has 0 unspecified atom stereocenters. The van der Waals surface area contributed by atoms with Gasteiger partial charge < -0.3 is 69.8 Å². The number of alkyl carbamates (subject to hydrolysis) is 1. The van der Waals surface area contributed by atoms with Crippen LogP contribution >= 0.6 is 27.5 Å². The number of urea groups is 1. The standard InChI is InChI=1S/C61H84BrClN8O18S/c1-33(2)51(66-40(32-72)18-13-14-24-86-56(77)35(4)31-62)54(75)68-42(19-16-23-65-58(64)79)53(74)67-41-22-21-39(28-46(41)90(12,82)83)55(76)70(8)37(6)57(78)88-48-29-49(73)71(9)43-26-38(27-44(84-10)50(43)63)25-34(3)17-15-20-47(85-11)61(81)30-45(87-59(80)69-61)36(5)52-60(48,7)89-52/h15,17,20-22,26-28,32-33,36-37,40,42,45,47-48,51-52,66,81H,4,13-14,16,18-19,23-25,29-31H2,1-3,5-12H3,(H,67,74)(H,68,75)(H,69,80)(H3,64,65,79)/b20-15+,34-17+/t36-,37+,40+,42+,45+,47-,48+,51+,52+,60+,61+/m1/s1. The maximum Gasteiger partial charge on any atom is 0.409 e. The summed E-state index contributed by atoms with van der Waals surface area (Å²) in [7, 11) is 1.29. The number of methoxy groups -OCH3 is 2. The van der Waals surface area contributed by atoms with Crippen LogP contribution in [0.15, 0.2) is 71.2 Å². The number of fused-ring (bicyclic) bond motifs is 5. The second-order valence-corrected chi connectivity index (χ2v) is 26.2. The first-order valence-electron chi connectivity index (χ1n) is 29.2. The number of epoxide rings is 1. The van der Waals surface area contributed by atoms with Gasteiger partial charge in [0.15, 0.2) is 15.6 Å². The summed E-state index contributed by atoms with van der Waals surface area (Å²) < 4.78 is 61.7. The number of allylic oxidation sites excluding steroid dienone is 3. The summed E-state index contributed by atoms with van der Waals surface area (Å²) in [6.45, 7) is 13.7. The lowest BCUT2D eigenvalue weighted by atomic mass is 9.83. The molecule has 3 aliphatic rings. The first-order valence-corrected chi connectivity index (χ1v) is 32.6. The largest absolute Gasteiger partial charge is 0.495 e. The molecular weight excluding hydrogens is 1280 g/mol. The number of nitrogens with one attached hydrogen (secondary N) is 5. The van der Waals surface area contributed by atoms with E-state index in [1.807, 2.05) is 6.92 Å². The quantitative estimate of drug-likeness (QED) is 0.0125. The fourth-order valence-corrected chi connectivity index (χ4v) is 11.9.